The van der Waals surface area contributed by atoms with E-state index in [0.29, 0.717) is 12.0 Å². The fourth-order valence-corrected chi connectivity index (χ4v) is 2.02. The lowest BCUT2D eigenvalue weighted by molar-refractivity contribution is -0.120. The van der Waals surface area contributed by atoms with Gasteiger partial charge in [-0.15, -0.1) is 0 Å². The maximum atomic E-state index is 11.8. The topological polar surface area (TPSA) is 78.4 Å². The van der Waals surface area contributed by atoms with Crippen LogP contribution in [0.1, 0.15) is 30.1 Å². The zero-order valence-electron chi connectivity index (χ0n) is 11.4. The molecule has 110 valence electrons. The Morgan fingerprint density at radius 2 is 2.10 bits per heavy atom. The van der Waals surface area contributed by atoms with Crippen LogP contribution in [0.25, 0.3) is 0 Å². The molecule has 5 nitrogen and oxygen atoms in total. The monoisotopic (exact) mass is 342 g/mol. The summed E-state index contributed by atoms with van der Waals surface area (Å²) in [6.07, 6.45) is 0.964. The molecule has 3 N–H and O–H groups in total. The van der Waals surface area contributed by atoms with Gasteiger partial charge in [0.05, 0.1) is 12.6 Å². The lowest BCUT2D eigenvalue weighted by Gasteiger charge is -2.11. The minimum absolute atomic E-state index is 0.107. The van der Waals surface area contributed by atoms with Gasteiger partial charge in [-0.2, -0.15) is 0 Å². The second-order valence-electron chi connectivity index (χ2n) is 4.44. The average Bonchev–Trinajstić information content (AvgIpc) is 2.43. The van der Waals surface area contributed by atoms with E-state index in [1.807, 2.05) is 13.0 Å². The number of carbonyl (C=O) groups is 2. The zero-order valence-corrected chi connectivity index (χ0v) is 12.9. The van der Waals surface area contributed by atoms with Crippen LogP contribution in [-0.4, -0.2) is 36.1 Å². The molecule has 2 amide bonds. The maximum absolute atomic E-state index is 11.8. The van der Waals surface area contributed by atoms with E-state index >= 15 is 0 Å². The summed E-state index contributed by atoms with van der Waals surface area (Å²) in [7, 11) is 0. The lowest BCUT2D eigenvalue weighted by atomic mass is 10.2. The number of rotatable bonds is 7. The van der Waals surface area contributed by atoms with Crippen molar-refractivity contribution in [3.05, 3.63) is 34.3 Å². The van der Waals surface area contributed by atoms with Crippen molar-refractivity contribution >= 4 is 27.7 Å². The number of carbonyl (C=O) groups excluding carboxylic acids is 2. The molecule has 20 heavy (non-hydrogen) atoms. The molecule has 0 aromatic heterocycles. The largest absolute Gasteiger partial charge is 0.391 e. The summed E-state index contributed by atoms with van der Waals surface area (Å²) in [5.74, 6) is -0.626. The summed E-state index contributed by atoms with van der Waals surface area (Å²) in [6, 6.07) is 6.92. The predicted molar refractivity (Wildman–Crippen MR) is 80.4 cm³/mol. The third-order valence-electron chi connectivity index (χ3n) is 2.65. The van der Waals surface area contributed by atoms with Gasteiger partial charge in [-0.3, -0.25) is 9.59 Å². The van der Waals surface area contributed by atoms with Crippen LogP contribution in [-0.2, 0) is 4.79 Å². The molecule has 0 spiro atoms. The SMILES string of the molecule is CCCC(O)CNC(=O)CNC(=O)c1cccc(Br)c1. The average molecular weight is 343 g/mol. The highest BCUT2D eigenvalue weighted by Gasteiger charge is 2.09. The van der Waals surface area contributed by atoms with Crippen LogP contribution in [0.5, 0.6) is 0 Å². The number of benzene rings is 1. The van der Waals surface area contributed by atoms with Gasteiger partial charge in [-0.05, 0) is 24.6 Å². The molecular formula is C14H19BrN2O3. The third kappa shape index (κ3) is 6.16. The molecule has 1 unspecified atom stereocenters. The Balaban J connectivity index is 2.32. The van der Waals surface area contributed by atoms with Gasteiger partial charge in [0, 0.05) is 16.6 Å². The van der Waals surface area contributed by atoms with Crippen molar-refractivity contribution in [2.75, 3.05) is 13.1 Å². The molecule has 0 heterocycles. The van der Waals surface area contributed by atoms with Gasteiger partial charge in [0.2, 0.25) is 5.91 Å². The molecule has 1 aromatic carbocycles. The first-order valence-electron chi connectivity index (χ1n) is 6.51. The second-order valence-corrected chi connectivity index (χ2v) is 5.36. The van der Waals surface area contributed by atoms with Gasteiger partial charge in [-0.25, -0.2) is 0 Å². The van der Waals surface area contributed by atoms with Gasteiger partial charge < -0.3 is 15.7 Å². The van der Waals surface area contributed by atoms with Crippen LogP contribution in [0.3, 0.4) is 0 Å². The Hall–Kier alpha value is -1.40. The first-order chi connectivity index (χ1) is 9.52. The van der Waals surface area contributed by atoms with E-state index < -0.39 is 6.10 Å². The van der Waals surface area contributed by atoms with Gasteiger partial charge >= 0.3 is 0 Å². The van der Waals surface area contributed by atoms with E-state index in [0.717, 1.165) is 10.9 Å². The lowest BCUT2D eigenvalue weighted by Crippen LogP contribution is -2.40. The fourth-order valence-electron chi connectivity index (χ4n) is 1.62. The highest BCUT2D eigenvalue weighted by atomic mass is 79.9. The smallest absolute Gasteiger partial charge is 0.251 e. The van der Waals surface area contributed by atoms with Crippen LogP contribution >= 0.6 is 15.9 Å². The molecule has 0 fully saturated rings. The molecule has 0 aliphatic rings. The molecule has 1 aromatic rings. The van der Waals surface area contributed by atoms with Crippen molar-refractivity contribution in [1.82, 2.24) is 10.6 Å². The van der Waals surface area contributed by atoms with E-state index in [1.54, 1.807) is 18.2 Å². The summed E-state index contributed by atoms with van der Waals surface area (Å²) in [5.41, 5.74) is 0.484. The first-order valence-corrected chi connectivity index (χ1v) is 7.30. The summed E-state index contributed by atoms with van der Waals surface area (Å²) >= 11 is 3.28. The molecule has 1 rings (SSSR count). The van der Waals surface area contributed by atoms with E-state index in [2.05, 4.69) is 26.6 Å². The minimum atomic E-state index is -0.537. The van der Waals surface area contributed by atoms with Crippen molar-refractivity contribution in [3.63, 3.8) is 0 Å². The Morgan fingerprint density at radius 1 is 1.35 bits per heavy atom. The van der Waals surface area contributed by atoms with Crippen LogP contribution < -0.4 is 10.6 Å². The van der Waals surface area contributed by atoms with Gasteiger partial charge in [0.15, 0.2) is 0 Å². The van der Waals surface area contributed by atoms with Crippen LogP contribution in [0.2, 0.25) is 0 Å². The summed E-state index contributed by atoms with van der Waals surface area (Å²) < 4.78 is 0.803. The van der Waals surface area contributed by atoms with Crippen molar-refractivity contribution in [3.8, 4) is 0 Å². The van der Waals surface area contributed by atoms with Crippen LogP contribution in [0.4, 0.5) is 0 Å². The summed E-state index contributed by atoms with van der Waals surface area (Å²) in [6.45, 7) is 2.06. The maximum Gasteiger partial charge on any atom is 0.251 e. The van der Waals surface area contributed by atoms with E-state index in [1.165, 1.54) is 0 Å². The molecule has 6 heteroatoms. The molecule has 0 saturated carbocycles. The number of amides is 2. The van der Waals surface area contributed by atoms with Crippen molar-refractivity contribution in [1.29, 1.82) is 0 Å². The van der Waals surface area contributed by atoms with Gasteiger partial charge in [0.25, 0.3) is 5.91 Å². The normalized spacial score (nSPS) is 11.8. The number of halogens is 1. The van der Waals surface area contributed by atoms with E-state index in [-0.39, 0.29) is 24.9 Å². The molecule has 0 saturated heterocycles. The quantitative estimate of drug-likeness (QED) is 0.701. The Bertz CT molecular complexity index is 465. The van der Waals surface area contributed by atoms with Crippen molar-refractivity contribution in [2.45, 2.75) is 25.9 Å². The zero-order chi connectivity index (χ0) is 15.0. The highest BCUT2D eigenvalue weighted by molar-refractivity contribution is 9.10. The number of hydrogen-bond acceptors (Lipinski definition) is 3. The highest BCUT2D eigenvalue weighted by Crippen LogP contribution is 2.11. The van der Waals surface area contributed by atoms with Crippen LogP contribution in [0.15, 0.2) is 28.7 Å². The molecule has 0 aliphatic carbocycles. The van der Waals surface area contributed by atoms with Crippen LogP contribution in [0, 0.1) is 0 Å². The standard InChI is InChI=1S/C14H19BrN2O3/c1-2-4-12(18)8-16-13(19)9-17-14(20)10-5-3-6-11(15)7-10/h3,5-7,12,18H,2,4,8-9H2,1H3,(H,16,19)(H,17,20). The van der Waals surface area contributed by atoms with E-state index in [4.69, 9.17) is 0 Å². The summed E-state index contributed by atoms with van der Waals surface area (Å²) in [5, 5.41) is 14.6. The molecule has 1 atom stereocenters. The van der Waals surface area contributed by atoms with E-state index in [9.17, 15) is 14.7 Å². The van der Waals surface area contributed by atoms with Gasteiger partial charge in [-0.1, -0.05) is 35.3 Å². The minimum Gasteiger partial charge on any atom is -0.391 e. The number of aliphatic hydroxyl groups excluding tert-OH is 1. The Labute approximate surface area is 126 Å². The number of nitrogens with one attached hydrogen (secondary N) is 2. The number of aliphatic hydroxyl groups is 1. The van der Waals surface area contributed by atoms with Crippen molar-refractivity contribution < 1.29 is 14.7 Å². The first kappa shape index (κ1) is 16.7. The second kappa shape index (κ2) is 8.71. The Kier molecular flexibility index (Phi) is 7.25. The molecule has 0 radical (unpaired) electrons. The third-order valence-corrected chi connectivity index (χ3v) is 3.15. The molecule has 0 bridgehead atoms. The molecular weight excluding hydrogens is 324 g/mol. The predicted octanol–water partition coefficient (Wildman–Crippen LogP) is 1.46. The van der Waals surface area contributed by atoms with Crippen molar-refractivity contribution in [2.24, 2.45) is 0 Å². The summed E-state index contributed by atoms with van der Waals surface area (Å²) in [4.78, 5) is 23.3. The van der Waals surface area contributed by atoms with Gasteiger partial charge in [0.1, 0.15) is 0 Å². The molecule has 0 aliphatic heterocycles. The fraction of sp³-hybridized carbons (Fsp3) is 0.429. The number of hydrogen-bond donors (Lipinski definition) is 3. The Morgan fingerprint density at radius 3 is 2.75 bits per heavy atom.